The summed E-state index contributed by atoms with van der Waals surface area (Å²) in [6.45, 7) is 2.65. The molecule has 0 bridgehead atoms. The number of aromatic amines is 1. The highest BCUT2D eigenvalue weighted by molar-refractivity contribution is 5.93. The summed E-state index contributed by atoms with van der Waals surface area (Å²) in [5.41, 5.74) is 4.08. The van der Waals surface area contributed by atoms with E-state index in [1.807, 2.05) is 43.3 Å². The highest BCUT2D eigenvalue weighted by Gasteiger charge is 2.19. The number of hydrogen-bond donors (Lipinski definition) is 1. The normalized spacial score (nSPS) is 10.6. The number of H-pyrrole nitrogens is 1. The van der Waals surface area contributed by atoms with Crippen molar-refractivity contribution in [3.05, 3.63) is 77.6 Å². The van der Waals surface area contributed by atoms with Crippen LogP contribution in [0.5, 0.6) is 5.88 Å². The SMILES string of the molecule is CCOc1nc(C(=O)N(C)Cc2cccc3cn[nH]c23)ccc1-c1ccccc1C#N. The number of ether oxygens (including phenoxy) is 1. The van der Waals surface area contributed by atoms with E-state index in [-0.39, 0.29) is 11.6 Å². The van der Waals surface area contributed by atoms with E-state index in [0.717, 1.165) is 22.0 Å². The number of rotatable bonds is 6. The van der Waals surface area contributed by atoms with Crippen molar-refractivity contribution in [2.45, 2.75) is 13.5 Å². The molecule has 0 aliphatic carbocycles. The Labute approximate surface area is 179 Å². The number of nitrogens with zero attached hydrogens (tertiary/aromatic N) is 4. The molecule has 4 aromatic rings. The van der Waals surface area contributed by atoms with Crippen molar-refractivity contribution in [2.75, 3.05) is 13.7 Å². The number of benzene rings is 2. The van der Waals surface area contributed by atoms with Crippen LogP contribution in [0.3, 0.4) is 0 Å². The van der Waals surface area contributed by atoms with Gasteiger partial charge in [0.25, 0.3) is 5.91 Å². The second kappa shape index (κ2) is 8.67. The van der Waals surface area contributed by atoms with Gasteiger partial charge >= 0.3 is 0 Å². The molecule has 0 aliphatic heterocycles. The first-order chi connectivity index (χ1) is 15.1. The maximum Gasteiger partial charge on any atom is 0.272 e. The third-order valence-corrected chi connectivity index (χ3v) is 5.02. The van der Waals surface area contributed by atoms with E-state index < -0.39 is 0 Å². The quantitative estimate of drug-likeness (QED) is 0.514. The van der Waals surface area contributed by atoms with Gasteiger partial charge in [0.15, 0.2) is 0 Å². The van der Waals surface area contributed by atoms with Gasteiger partial charge in [0.1, 0.15) is 5.69 Å². The lowest BCUT2D eigenvalue weighted by molar-refractivity contribution is 0.0778. The molecule has 4 rings (SSSR count). The Bertz CT molecular complexity index is 1290. The Morgan fingerprint density at radius 2 is 1.97 bits per heavy atom. The van der Waals surface area contributed by atoms with Gasteiger partial charge in [0.05, 0.1) is 30.0 Å². The van der Waals surface area contributed by atoms with Crippen LogP contribution in [0.2, 0.25) is 0 Å². The van der Waals surface area contributed by atoms with Gasteiger partial charge in [0, 0.05) is 30.1 Å². The summed E-state index contributed by atoms with van der Waals surface area (Å²) >= 11 is 0. The molecule has 154 valence electrons. The molecule has 7 heteroatoms. The molecule has 31 heavy (non-hydrogen) atoms. The molecule has 0 aliphatic rings. The zero-order chi connectivity index (χ0) is 21.8. The summed E-state index contributed by atoms with van der Waals surface area (Å²) in [6.07, 6.45) is 1.76. The van der Waals surface area contributed by atoms with Crippen LogP contribution in [0.4, 0.5) is 0 Å². The van der Waals surface area contributed by atoms with Crippen LogP contribution in [0.25, 0.3) is 22.0 Å². The van der Waals surface area contributed by atoms with E-state index in [4.69, 9.17) is 4.74 Å². The number of aromatic nitrogens is 3. The molecule has 0 spiro atoms. The lowest BCUT2D eigenvalue weighted by Gasteiger charge is -2.18. The van der Waals surface area contributed by atoms with Crippen molar-refractivity contribution in [1.82, 2.24) is 20.1 Å². The fourth-order valence-corrected chi connectivity index (χ4v) is 3.51. The number of nitriles is 1. The predicted octanol–water partition coefficient (Wildman–Crippen LogP) is 4.17. The van der Waals surface area contributed by atoms with Crippen LogP contribution in [0.15, 0.2) is 60.8 Å². The minimum absolute atomic E-state index is 0.224. The molecule has 2 aromatic heterocycles. The van der Waals surface area contributed by atoms with Crippen molar-refractivity contribution in [1.29, 1.82) is 5.26 Å². The summed E-state index contributed by atoms with van der Waals surface area (Å²) in [7, 11) is 1.73. The molecular weight excluding hydrogens is 390 g/mol. The molecule has 7 nitrogen and oxygen atoms in total. The molecule has 1 amide bonds. The maximum absolute atomic E-state index is 13.1. The third kappa shape index (κ3) is 3.96. The maximum atomic E-state index is 13.1. The van der Waals surface area contributed by atoms with Gasteiger partial charge in [-0.25, -0.2) is 4.98 Å². The smallest absolute Gasteiger partial charge is 0.272 e. The lowest BCUT2D eigenvalue weighted by atomic mass is 10.0. The molecule has 0 saturated carbocycles. The average molecular weight is 411 g/mol. The average Bonchev–Trinajstić information content (AvgIpc) is 3.29. The predicted molar refractivity (Wildman–Crippen MR) is 117 cm³/mol. The minimum Gasteiger partial charge on any atom is -0.478 e. The first kappa shape index (κ1) is 20.1. The highest BCUT2D eigenvalue weighted by atomic mass is 16.5. The molecule has 0 unspecified atom stereocenters. The summed E-state index contributed by atoms with van der Waals surface area (Å²) < 4.78 is 5.72. The van der Waals surface area contributed by atoms with Gasteiger partial charge in [-0.05, 0) is 30.7 Å². The van der Waals surface area contributed by atoms with Crippen molar-refractivity contribution in [3.8, 4) is 23.1 Å². The fraction of sp³-hybridized carbons (Fsp3) is 0.167. The van der Waals surface area contributed by atoms with Crippen molar-refractivity contribution in [3.63, 3.8) is 0 Å². The van der Waals surface area contributed by atoms with Crippen LogP contribution < -0.4 is 4.74 Å². The van der Waals surface area contributed by atoms with Crippen molar-refractivity contribution >= 4 is 16.8 Å². The summed E-state index contributed by atoms with van der Waals surface area (Å²) in [5.74, 6) is 0.109. The van der Waals surface area contributed by atoms with E-state index >= 15 is 0 Å². The van der Waals surface area contributed by atoms with E-state index in [0.29, 0.717) is 30.2 Å². The van der Waals surface area contributed by atoms with E-state index in [1.54, 1.807) is 36.3 Å². The number of hydrogen-bond acceptors (Lipinski definition) is 5. The molecule has 0 radical (unpaired) electrons. The molecule has 2 aromatic carbocycles. The third-order valence-electron chi connectivity index (χ3n) is 5.02. The Balaban J connectivity index is 1.64. The summed E-state index contributed by atoms with van der Waals surface area (Å²) in [4.78, 5) is 19.2. The van der Waals surface area contributed by atoms with E-state index in [2.05, 4.69) is 21.3 Å². The lowest BCUT2D eigenvalue weighted by Crippen LogP contribution is -2.27. The van der Waals surface area contributed by atoms with Gasteiger partial charge in [-0.3, -0.25) is 9.89 Å². The number of nitrogens with one attached hydrogen (secondary N) is 1. The molecule has 0 fully saturated rings. The first-order valence-electron chi connectivity index (χ1n) is 9.92. The standard InChI is InChI=1S/C24H21N5O2/c1-3-31-23-20(19-10-5-4-7-16(19)13-25)11-12-21(27-23)24(30)29(2)15-18-9-6-8-17-14-26-28-22(17)18/h4-12,14H,3,15H2,1-2H3,(H,26,28). The van der Waals surface area contributed by atoms with Gasteiger partial charge in [-0.2, -0.15) is 10.4 Å². The Morgan fingerprint density at radius 3 is 2.77 bits per heavy atom. The van der Waals surface area contributed by atoms with Crippen LogP contribution >= 0.6 is 0 Å². The molecule has 1 N–H and O–H groups in total. The number of carbonyl (C=O) groups is 1. The Kier molecular flexibility index (Phi) is 5.63. The Hall–Kier alpha value is -4.18. The van der Waals surface area contributed by atoms with E-state index in [9.17, 15) is 10.1 Å². The molecule has 0 saturated heterocycles. The number of pyridine rings is 1. The fourth-order valence-electron chi connectivity index (χ4n) is 3.51. The topological polar surface area (TPSA) is 94.9 Å². The van der Waals surface area contributed by atoms with Crippen LogP contribution in [0, 0.1) is 11.3 Å². The van der Waals surface area contributed by atoms with Crippen LogP contribution in [-0.2, 0) is 6.54 Å². The summed E-state index contributed by atoms with van der Waals surface area (Å²) in [6, 6.07) is 18.8. The first-order valence-corrected chi connectivity index (χ1v) is 9.92. The number of para-hydroxylation sites is 1. The van der Waals surface area contributed by atoms with Gasteiger partial charge in [-0.15, -0.1) is 0 Å². The van der Waals surface area contributed by atoms with Crippen LogP contribution in [0.1, 0.15) is 28.5 Å². The number of fused-ring (bicyclic) bond motifs is 1. The zero-order valence-corrected chi connectivity index (χ0v) is 17.3. The monoisotopic (exact) mass is 411 g/mol. The van der Waals surface area contributed by atoms with Gasteiger partial charge < -0.3 is 9.64 Å². The van der Waals surface area contributed by atoms with Crippen molar-refractivity contribution < 1.29 is 9.53 Å². The molecule has 2 heterocycles. The largest absolute Gasteiger partial charge is 0.478 e. The van der Waals surface area contributed by atoms with Crippen LogP contribution in [-0.4, -0.2) is 39.6 Å². The Morgan fingerprint density at radius 1 is 1.13 bits per heavy atom. The summed E-state index contributed by atoms with van der Waals surface area (Å²) in [5, 5.41) is 17.5. The molecule has 0 atom stereocenters. The second-order valence-corrected chi connectivity index (χ2v) is 7.05. The molecular formula is C24H21N5O2. The van der Waals surface area contributed by atoms with E-state index in [1.165, 1.54) is 0 Å². The number of amides is 1. The number of carbonyl (C=O) groups excluding carboxylic acids is 1. The van der Waals surface area contributed by atoms with Gasteiger partial charge in [0.2, 0.25) is 5.88 Å². The minimum atomic E-state index is -0.224. The second-order valence-electron chi connectivity index (χ2n) is 7.05. The highest BCUT2D eigenvalue weighted by Crippen LogP contribution is 2.31. The van der Waals surface area contributed by atoms with Gasteiger partial charge in [-0.1, -0.05) is 36.4 Å². The van der Waals surface area contributed by atoms with Crippen molar-refractivity contribution in [2.24, 2.45) is 0 Å². The zero-order valence-electron chi connectivity index (χ0n) is 17.3.